The van der Waals surface area contributed by atoms with Gasteiger partial charge >= 0.3 is 0 Å². The van der Waals surface area contributed by atoms with Crippen molar-refractivity contribution < 1.29 is 14.0 Å². The SMILES string of the molecule is O=C1CC[C@@](F)(C(=O)CCCc2ccc(Cl)cc2Cl)c2cccnc21. The van der Waals surface area contributed by atoms with E-state index in [4.69, 9.17) is 23.2 Å². The second-order valence-electron chi connectivity index (χ2n) is 6.14. The van der Waals surface area contributed by atoms with Gasteiger partial charge in [0, 0.05) is 41.1 Å². The first-order chi connectivity index (χ1) is 11.9. The van der Waals surface area contributed by atoms with Crippen LogP contribution in [0.3, 0.4) is 0 Å². The summed E-state index contributed by atoms with van der Waals surface area (Å²) in [5, 5.41) is 1.08. The van der Waals surface area contributed by atoms with Crippen molar-refractivity contribution in [3.8, 4) is 0 Å². The summed E-state index contributed by atoms with van der Waals surface area (Å²) in [6, 6.07) is 8.21. The molecule has 0 fully saturated rings. The number of benzene rings is 1. The first-order valence-electron chi connectivity index (χ1n) is 8.06. The minimum Gasteiger partial charge on any atom is -0.296 e. The third kappa shape index (κ3) is 3.60. The van der Waals surface area contributed by atoms with Crippen LogP contribution >= 0.6 is 23.2 Å². The number of Topliss-reactive ketones (excluding diaryl/α,β-unsaturated/α-hetero) is 2. The molecule has 0 saturated carbocycles. The van der Waals surface area contributed by atoms with Gasteiger partial charge in [-0.1, -0.05) is 35.3 Å². The molecule has 1 aromatic heterocycles. The standard InChI is InChI=1S/C19H16Cl2FNO2/c20-13-7-6-12(15(21)11-13)3-1-5-17(25)19(22)9-8-16(24)18-14(19)4-2-10-23-18/h2,4,6-7,10-11H,1,3,5,8-9H2/t19-/m0/s1. The van der Waals surface area contributed by atoms with Crippen molar-refractivity contribution in [3.05, 3.63) is 63.4 Å². The smallest absolute Gasteiger partial charge is 0.196 e. The molecule has 25 heavy (non-hydrogen) atoms. The van der Waals surface area contributed by atoms with E-state index in [9.17, 15) is 9.59 Å². The lowest BCUT2D eigenvalue weighted by Crippen LogP contribution is -2.37. The quantitative estimate of drug-likeness (QED) is 0.723. The summed E-state index contributed by atoms with van der Waals surface area (Å²) in [7, 11) is 0. The monoisotopic (exact) mass is 379 g/mol. The fraction of sp³-hybridized carbons (Fsp3) is 0.316. The van der Waals surface area contributed by atoms with Gasteiger partial charge in [-0.3, -0.25) is 14.6 Å². The molecule has 0 unspecified atom stereocenters. The number of nitrogens with zero attached hydrogens (tertiary/aromatic N) is 1. The number of fused-ring (bicyclic) bond motifs is 1. The normalized spacial score (nSPS) is 19.6. The highest BCUT2D eigenvalue weighted by molar-refractivity contribution is 6.35. The van der Waals surface area contributed by atoms with Crippen LogP contribution in [0.5, 0.6) is 0 Å². The molecule has 0 saturated heterocycles. The van der Waals surface area contributed by atoms with Crippen molar-refractivity contribution in [1.82, 2.24) is 4.98 Å². The molecule has 2 aromatic rings. The van der Waals surface area contributed by atoms with Crippen molar-refractivity contribution >= 4 is 34.8 Å². The van der Waals surface area contributed by atoms with Crippen molar-refractivity contribution in [2.24, 2.45) is 0 Å². The Kier molecular flexibility index (Phi) is 5.21. The predicted octanol–water partition coefficient (Wildman–Crippen LogP) is 5.12. The average molecular weight is 380 g/mol. The van der Waals surface area contributed by atoms with Crippen LogP contribution in [-0.2, 0) is 16.9 Å². The number of aromatic nitrogens is 1. The van der Waals surface area contributed by atoms with Gasteiger partial charge in [0.05, 0.1) is 0 Å². The fourth-order valence-corrected chi connectivity index (χ4v) is 3.64. The summed E-state index contributed by atoms with van der Waals surface area (Å²) in [4.78, 5) is 28.4. The number of aryl methyl sites for hydroxylation is 1. The van der Waals surface area contributed by atoms with E-state index in [1.165, 1.54) is 12.3 Å². The van der Waals surface area contributed by atoms with Crippen LogP contribution in [0.1, 0.15) is 47.3 Å². The van der Waals surface area contributed by atoms with Gasteiger partial charge in [-0.2, -0.15) is 0 Å². The molecule has 1 aromatic carbocycles. The molecule has 1 aliphatic carbocycles. The Labute approximate surface area is 155 Å². The van der Waals surface area contributed by atoms with E-state index in [2.05, 4.69) is 4.98 Å². The van der Waals surface area contributed by atoms with Gasteiger partial charge in [0.2, 0.25) is 0 Å². The number of halogens is 3. The summed E-state index contributed by atoms with van der Waals surface area (Å²) >= 11 is 12.0. The van der Waals surface area contributed by atoms with Gasteiger partial charge < -0.3 is 0 Å². The molecule has 1 heterocycles. The molecule has 1 atom stereocenters. The van der Waals surface area contributed by atoms with Gasteiger partial charge in [-0.25, -0.2) is 4.39 Å². The number of hydrogen-bond acceptors (Lipinski definition) is 3. The van der Waals surface area contributed by atoms with Gasteiger partial charge in [-0.15, -0.1) is 0 Å². The molecule has 0 spiro atoms. The van der Waals surface area contributed by atoms with Gasteiger partial charge in [0.1, 0.15) is 5.69 Å². The van der Waals surface area contributed by atoms with Crippen molar-refractivity contribution in [2.45, 2.75) is 37.8 Å². The van der Waals surface area contributed by atoms with E-state index in [1.54, 1.807) is 24.3 Å². The fourth-order valence-electron chi connectivity index (χ4n) is 3.14. The van der Waals surface area contributed by atoms with E-state index in [1.807, 2.05) is 0 Å². The highest BCUT2D eigenvalue weighted by Gasteiger charge is 2.45. The van der Waals surface area contributed by atoms with Crippen molar-refractivity contribution in [1.29, 1.82) is 0 Å². The number of rotatable bonds is 5. The third-order valence-corrected chi connectivity index (χ3v) is 5.09. The largest absolute Gasteiger partial charge is 0.296 e. The second kappa shape index (κ2) is 7.22. The van der Waals surface area contributed by atoms with E-state index >= 15 is 4.39 Å². The lowest BCUT2D eigenvalue weighted by atomic mass is 9.78. The van der Waals surface area contributed by atoms with Crippen LogP contribution in [0.25, 0.3) is 0 Å². The second-order valence-corrected chi connectivity index (χ2v) is 6.98. The van der Waals surface area contributed by atoms with E-state index in [0.29, 0.717) is 22.9 Å². The maximum atomic E-state index is 15.4. The Morgan fingerprint density at radius 3 is 2.84 bits per heavy atom. The Morgan fingerprint density at radius 1 is 1.28 bits per heavy atom. The number of carbonyl (C=O) groups excluding carboxylic acids is 2. The minimum absolute atomic E-state index is 0.00470. The Balaban J connectivity index is 1.71. The summed E-state index contributed by atoms with van der Waals surface area (Å²) in [6.07, 6.45) is 2.40. The topological polar surface area (TPSA) is 47.0 Å². The van der Waals surface area contributed by atoms with E-state index in [0.717, 1.165) is 5.56 Å². The molecule has 0 radical (unpaired) electrons. The van der Waals surface area contributed by atoms with Crippen LogP contribution in [0.4, 0.5) is 4.39 Å². The molecule has 130 valence electrons. The molecule has 0 amide bonds. The van der Waals surface area contributed by atoms with Crippen LogP contribution in [0, 0.1) is 0 Å². The van der Waals surface area contributed by atoms with E-state index < -0.39 is 11.5 Å². The molecule has 0 bridgehead atoms. The van der Waals surface area contributed by atoms with Gasteiger partial charge in [0.25, 0.3) is 0 Å². The maximum Gasteiger partial charge on any atom is 0.196 e. The lowest BCUT2D eigenvalue weighted by molar-refractivity contribution is -0.132. The zero-order valence-corrected chi connectivity index (χ0v) is 14.9. The molecular formula is C19H16Cl2FNO2. The molecule has 3 nitrogen and oxygen atoms in total. The number of carbonyl (C=O) groups is 2. The summed E-state index contributed by atoms with van der Waals surface area (Å²) in [6.45, 7) is 0. The number of alkyl halides is 1. The number of hydrogen-bond donors (Lipinski definition) is 0. The lowest BCUT2D eigenvalue weighted by Gasteiger charge is -2.29. The molecule has 3 rings (SSSR count). The van der Waals surface area contributed by atoms with Crippen molar-refractivity contribution in [3.63, 3.8) is 0 Å². The average Bonchev–Trinajstić information content (AvgIpc) is 2.60. The molecule has 0 aliphatic heterocycles. The summed E-state index contributed by atoms with van der Waals surface area (Å²) < 4.78 is 15.4. The number of pyridine rings is 1. The Hall–Kier alpha value is -1.78. The molecule has 1 aliphatic rings. The molecule has 6 heteroatoms. The highest BCUT2D eigenvalue weighted by Crippen LogP contribution is 2.39. The summed E-state index contributed by atoms with van der Waals surface area (Å²) in [5.74, 6) is -0.732. The minimum atomic E-state index is -2.14. The maximum absolute atomic E-state index is 15.4. The predicted molar refractivity (Wildman–Crippen MR) is 95.0 cm³/mol. The molecular weight excluding hydrogens is 364 g/mol. The van der Waals surface area contributed by atoms with E-state index in [-0.39, 0.29) is 36.3 Å². The van der Waals surface area contributed by atoms with Crippen molar-refractivity contribution in [2.75, 3.05) is 0 Å². The summed E-state index contributed by atoms with van der Waals surface area (Å²) in [5.41, 5.74) is -1.10. The first kappa shape index (κ1) is 18.0. The van der Waals surface area contributed by atoms with Crippen LogP contribution < -0.4 is 0 Å². The Morgan fingerprint density at radius 2 is 2.08 bits per heavy atom. The van der Waals surface area contributed by atoms with Gasteiger partial charge in [-0.05, 0) is 36.6 Å². The van der Waals surface area contributed by atoms with Crippen LogP contribution in [0.2, 0.25) is 10.0 Å². The highest BCUT2D eigenvalue weighted by atomic mass is 35.5. The zero-order chi connectivity index (χ0) is 18.0. The van der Waals surface area contributed by atoms with Gasteiger partial charge in [0.15, 0.2) is 17.2 Å². The number of ketones is 2. The van der Waals surface area contributed by atoms with Crippen LogP contribution in [-0.4, -0.2) is 16.6 Å². The molecule has 0 N–H and O–H groups in total. The Bertz CT molecular complexity index is 840. The third-order valence-electron chi connectivity index (χ3n) is 4.50. The van der Waals surface area contributed by atoms with Crippen LogP contribution in [0.15, 0.2) is 36.5 Å². The zero-order valence-electron chi connectivity index (χ0n) is 13.4. The first-order valence-corrected chi connectivity index (χ1v) is 8.82.